The van der Waals surface area contributed by atoms with Crippen LogP contribution in [0, 0.1) is 5.82 Å². The Labute approximate surface area is 116 Å². The summed E-state index contributed by atoms with van der Waals surface area (Å²) in [6.07, 6.45) is -4.86. The van der Waals surface area contributed by atoms with E-state index >= 15 is 0 Å². The lowest BCUT2D eigenvalue weighted by molar-refractivity contribution is -0.139. The van der Waals surface area contributed by atoms with Crippen molar-refractivity contribution in [3.8, 4) is 5.75 Å². The second-order valence-corrected chi connectivity index (χ2v) is 4.16. The summed E-state index contributed by atoms with van der Waals surface area (Å²) in [5, 5.41) is 11.7. The SMILES string of the molecule is O=C(Nc1ccc(F)c(C(F)(F)F)c1)c1ccccc1O. The molecular weight excluding hydrogens is 290 g/mol. The van der Waals surface area contributed by atoms with E-state index < -0.39 is 23.5 Å². The van der Waals surface area contributed by atoms with E-state index in [0.29, 0.717) is 12.1 Å². The number of aromatic hydroxyl groups is 1. The minimum absolute atomic E-state index is 0.101. The molecule has 2 rings (SSSR count). The Morgan fingerprint density at radius 2 is 1.76 bits per heavy atom. The molecule has 0 aliphatic heterocycles. The van der Waals surface area contributed by atoms with Crippen molar-refractivity contribution in [1.82, 2.24) is 0 Å². The molecule has 0 aromatic heterocycles. The number of phenolic OH excluding ortho intramolecular Hbond substituents is 1. The smallest absolute Gasteiger partial charge is 0.419 e. The molecule has 0 fully saturated rings. The second-order valence-electron chi connectivity index (χ2n) is 4.16. The summed E-state index contributed by atoms with van der Waals surface area (Å²) in [4.78, 5) is 11.8. The van der Waals surface area contributed by atoms with E-state index in [9.17, 15) is 27.5 Å². The van der Waals surface area contributed by atoms with Crippen LogP contribution in [0.2, 0.25) is 0 Å². The van der Waals surface area contributed by atoms with E-state index in [1.807, 2.05) is 0 Å². The van der Waals surface area contributed by atoms with Crippen LogP contribution < -0.4 is 5.32 Å². The third-order valence-corrected chi connectivity index (χ3v) is 2.68. The summed E-state index contributed by atoms with van der Waals surface area (Å²) in [5.74, 6) is -2.54. The summed E-state index contributed by atoms with van der Waals surface area (Å²) >= 11 is 0. The first-order valence-electron chi connectivity index (χ1n) is 5.75. The van der Waals surface area contributed by atoms with Crippen LogP contribution in [0.1, 0.15) is 15.9 Å². The Hall–Kier alpha value is -2.57. The largest absolute Gasteiger partial charge is 0.507 e. The van der Waals surface area contributed by atoms with Crippen molar-refractivity contribution in [3.63, 3.8) is 0 Å². The van der Waals surface area contributed by atoms with Crippen LogP contribution in [0.4, 0.5) is 23.2 Å². The fourth-order valence-electron chi connectivity index (χ4n) is 1.68. The van der Waals surface area contributed by atoms with E-state index in [0.717, 1.165) is 6.07 Å². The molecule has 0 unspecified atom stereocenters. The number of nitrogens with one attached hydrogen (secondary N) is 1. The van der Waals surface area contributed by atoms with Gasteiger partial charge in [-0.05, 0) is 30.3 Å². The van der Waals surface area contributed by atoms with Gasteiger partial charge in [0.1, 0.15) is 11.6 Å². The number of amides is 1. The summed E-state index contributed by atoms with van der Waals surface area (Å²) in [6, 6.07) is 7.66. The first-order chi connectivity index (χ1) is 9.79. The quantitative estimate of drug-likeness (QED) is 0.829. The summed E-state index contributed by atoms with van der Waals surface area (Å²) in [6.45, 7) is 0. The van der Waals surface area contributed by atoms with Gasteiger partial charge in [0.15, 0.2) is 0 Å². The van der Waals surface area contributed by atoms with Crippen LogP contribution in [0.25, 0.3) is 0 Å². The normalized spacial score (nSPS) is 11.2. The number of hydrogen-bond acceptors (Lipinski definition) is 2. The Kier molecular flexibility index (Phi) is 3.84. The molecule has 0 aliphatic carbocycles. The molecule has 0 aliphatic rings. The number of phenols is 1. The summed E-state index contributed by atoms with van der Waals surface area (Å²) < 4.78 is 50.8. The predicted octanol–water partition coefficient (Wildman–Crippen LogP) is 3.80. The van der Waals surface area contributed by atoms with E-state index in [2.05, 4.69) is 5.32 Å². The molecule has 0 saturated carbocycles. The summed E-state index contributed by atoms with van der Waals surface area (Å²) in [7, 11) is 0. The average Bonchev–Trinajstić information content (AvgIpc) is 2.40. The Morgan fingerprint density at radius 3 is 2.38 bits per heavy atom. The van der Waals surface area contributed by atoms with Crippen LogP contribution in [-0.2, 0) is 6.18 Å². The maximum atomic E-state index is 13.1. The molecule has 1 amide bonds. The number of para-hydroxylation sites is 1. The van der Waals surface area contributed by atoms with Crippen molar-refractivity contribution in [2.24, 2.45) is 0 Å². The zero-order valence-corrected chi connectivity index (χ0v) is 10.4. The van der Waals surface area contributed by atoms with E-state index in [-0.39, 0.29) is 17.0 Å². The lowest BCUT2D eigenvalue weighted by Gasteiger charge is -2.11. The minimum Gasteiger partial charge on any atom is -0.507 e. The Morgan fingerprint density at radius 1 is 1.10 bits per heavy atom. The van der Waals surface area contributed by atoms with Gasteiger partial charge in [0, 0.05) is 5.69 Å². The lowest BCUT2D eigenvalue weighted by atomic mass is 10.1. The molecule has 0 bridgehead atoms. The Balaban J connectivity index is 2.29. The van der Waals surface area contributed by atoms with E-state index in [1.54, 1.807) is 0 Å². The first-order valence-corrected chi connectivity index (χ1v) is 5.75. The fourth-order valence-corrected chi connectivity index (χ4v) is 1.68. The van der Waals surface area contributed by atoms with Crippen LogP contribution in [-0.4, -0.2) is 11.0 Å². The van der Waals surface area contributed by atoms with Gasteiger partial charge in [-0.1, -0.05) is 12.1 Å². The highest BCUT2D eigenvalue weighted by atomic mass is 19.4. The molecular formula is C14H9F4NO2. The van der Waals surface area contributed by atoms with Crippen LogP contribution in [0.15, 0.2) is 42.5 Å². The molecule has 2 N–H and O–H groups in total. The number of anilines is 1. The average molecular weight is 299 g/mol. The highest BCUT2D eigenvalue weighted by molar-refractivity contribution is 6.06. The molecule has 0 radical (unpaired) electrons. The van der Waals surface area contributed by atoms with Gasteiger partial charge in [0.25, 0.3) is 5.91 Å². The number of carbonyl (C=O) groups is 1. The van der Waals surface area contributed by atoms with Gasteiger partial charge in [-0.3, -0.25) is 4.79 Å². The molecule has 2 aromatic carbocycles. The van der Waals surface area contributed by atoms with Gasteiger partial charge < -0.3 is 10.4 Å². The highest BCUT2D eigenvalue weighted by Gasteiger charge is 2.34. The van der Waals surface area contributed by atoms with Crippen molar-refractivity contribution in [1.29, 1.82) is 0 Å². The van der Waals surface area contributed by atoms with E-state index in [1.165, 1.54) is 24.3 Å². The third kappa shape index (κ3) is 3.31. The first kappa shape index (κ1) is 14.8. The molecule has 7 heteroatoms. The number of carbonyl (C=O) groups excluding carboxylic acids is 1. The van der Waals surface area contributed by atoms with Crippen molar-refractivity contribution in [2.45, 2.75) is 6.18 Å². The molecule has 0 spiro atoms. The van der Waals surface area contributed by atoms with Crippen LogP contribution in [0.5, 0.6) is 5.75 Å². The lowest BCUT2D eigenvalue weighted by Crippen LogP contribution is -2.14. The minimum atomic E-state index is -4.86. The van der Waals surface area contributed by atoms with Gasteiger partial charge in [-0.15, -0.1) is 0 Å². The standard InChI is InChI=1S/C14H9F4NO2/c15-11-6-5-8(7-10(11)14(16,17)18)19-13(21)9-3-1-2-4-12(9)20/h1-7,20H,(H,19,21). The zero-order valence-electron chi connectivity index (χ0n) is 10.4. The summed E-state index contributed by atoms with van der Waals surface area (Å²) in [5.41, 5.74) is -1.80. The Bertz CT molecular complexity index is 683. The van der Waals surface area contributed by atoms with Crippen molar-refractivity contribution in [2.75, 3.05) is 5.32 Å². The molecule has 21 heavy (non-hydrogen) atoms. The molecule has 0 atom stereocenters. The van der Waals surface area contributed by atoms with E-state index in [4.69, 9.17) is 0 Å². The molecule has 0 saturated heterocycles. The topological polar surface area (TPSA) is 49.3 Å². The van der Waals surface area contributed by atoms with Crippen molar-refractivity contribution < 1.29 is 27.5 Å². The van der Waals surface area contributed by atoms with Crippen molar-refractivity contribution in [3.05, 3.63) is 59.4 Å². The molecule has 3 nitrogen and oxygen atoms in total. The van der Waals surface area contributed by atoms with Gasteiger partial charge >= 0.3 is 6.18 Å². The fraction of sp³-hybridized carbons (Fsp3) is 0.0714. The van der Waals surface area contributed by atoms with Crippen LogP contribution in [0.3, 0.4) is 0 Å². The maximum absolute atomic E-state index is 13.1. The number of hydrogen-bond donors (Lipinski definition) is 2. The number of alkyl halides is 3. The number of halogens is 4. The number of rotatable bonds is 2. The van der Waals surface area contributed by atoms with Gasteiger partial charge in [0.2, 0.25) is 0 Å². The van der Waals surface area contributed by atoms with Gasteiger partial charge in [-0.25, -0.2) is 4.39 Å². The maximum Gasteiger partial charge on any atom is 0.419 e. The highest BCUT2D eigenvalue weighted by Crippen LogP contribution is 2.33. The van der Waals surface area contributed by atoms with Crippen molar-refractivity contribution >= 4 is 11.6 Å². The third-order valence-electron chi connectivity index (χ3n) is 2.68. The molecule has 2 aromatic rings. The predicted molar refractivity (Wildman–Crippen MR) is 67.5 cm³/mol. The zero-order chi connectivity index (χ0) is 15.6. The monoisotopic (exact) mass is 299 g/mol. The second kappa shape index (κ2) is 5.43. The van der Waals surface area contributed by atoms with Crippen LogP contribution >= 0.6 is 0 Å². The van der Waals surface area contributed by atoms with Gasteiger partial charge in [0.05, 0.1) is 11.1 Å². The number of benzene rings is 2. The molecule has 0 heterocycles. The molecule has 110 valence electrons. The van der Waals surface area contributed by atoms with Gasteiger partial charge in [-0.2, -0.15) is 13.2 Å².